The van der Waals surface area contributed by atoms with E-state index in [0.29, 0.717) is 0 Å². The summed E-state index contributed by atoms with van der Waals surface area (Å²) in [4.78, 5) is 22.2. The zero-order valence-electron chi connectivity index (χ0n) is 8.40. The molecule has 0 aliphatic carbocycles. The van der Waals surface area contributed by atoms with Gasteiger partial charge in [-0.05, 0) is 19.4 Å². The molecule has 86 valence electrons. The SMILES string of the molecule is O=C(N[C@H](CCO)C(=O)O)[C@@H]1CCCN1. The number of carboxylic acid groups (broad SMARTS) is 1. The Morgan fingerprint density at radius 2 is 2.27 bits per heavy atom. The lowest BCUT2D eigenvalue weighted by molar-refractivity contribution is -0.142. The number of nitrogens with one attached hydrogen (secondary N) is 2. The number of hydrogen-bond acceptors (Lipinski definition) is 4. The fraction of sp³-hybridized carbons (Fsp3) is 0.778. The number of carbonyl (C=O) groups is 2. The van der Waals surface area contributed by atoms with Crippen LogP contribution in [0.3, 0.4) is 0 Å². The molecule has 0 aromatic carbocycles. The second-order valence-corrected chi connectivity index (χ2v) is 3.56. The molecule has 0 unspecified atom stereocenters. The normalized spacial score (nSPS) is 22.3. The third-order valence-corrected chi connectivity index (χ3v) is 2.41. The molecule has 6 nitrogen and oxygen atoms in total. The lowest BCUT2D eigenvalue weighted by Gasteiger charge is -2.16. The van der Waals surface area contributed by atoms with Crippen LogP contribution in [-0.2, 0) is 9.59 Å². The summed E-state index contributed by atoms with van der Waals surface area (Å²) in [6.45, 7) is 0.533. The van der Waals surface area contributed by atoms with E-state index in [-0.39, 0.29) is 25.0 Å². The molecule has 1 heterocycles. The van der Waals surface area contributed by atoms with Crippen molar-refractivity contribution in [2.24, 2.45) is 0 Å². The molecular formula is C9H16N2O4. The van der Waals surface area contributed by atoms with E-state index in [0.717, 1.165) is 19.4 Å². The fourth-order valence-electron chi connectivity index (χ4n) is 1.57. The Balaban J connectivity index is 2.42. The molecule has 1 aliphatic rings. The first-order valence-corrected chi connectivity index (χ1v) is 5.02. The smallest absolute Gasteiger partial charge is 0.326 e. The van der Waals surface area contributed by atoms with E-state index in [1.807, 2.05) is 0 Å². The van der Waals surface area contributed by atoms with E-state index in [1.54, 1.807) is 0 Å². The maximum absolute atomic E-state index is 11.5. The highest BCUT2D eigenvalue weighted by molar-refractivity contribution is 5.87. The van der Waals surface area contributed by atoms with Crippen LogP contribution in [0.4, 0.5) is 0 Å². The van der Waals surface area contributed by atoms with Crippen molar-refractivity contribution >= 4 is 11.9 Å². The number of hydrogen-bond donors (Lipinski definition) is 4. The minimum Gasteiger partial charge on any atom is -0.480 e. The van der Waals surface area contributed by atoms with Gasteiger partial charge in [0.05, 0.1) is 6.04 Å². The number of carbonyl (C=O) groups excluding carboxylic acids is 1. The van der Waals surface area contributed by atoms with Crippen molar-refractivity contribution in [1.29, 1.82) is 0 Å². The standard InChI is InChI=1S/C9H16N2O4/c12-5-3-7(9(14)15)11-8(13)6-2-1-4-10-6/h6-7,10,12H,1-5H2,(H,11,13)(H,14,15)/t6-,7+/m0/s1. The highest BCUT2D eigenvalue weighted by atomic mass is 16.4. The molecule has 0 spiro atoms. The number of carboxylic acids is 1. The van der Waals surface area contributed by atoms with Gasteiger partial charge in [0.1, 0.15) is 6.04 Å². The van der Waals surface area contributed by atoms with Crippen molar-refractivity contribution in [2.75, 3.05) is 13.2 Å². The molecule has 0 bridgehead atoms. The first kappa shape index (κ1) is 11.9. The Morgan fingerprint density at radius 1 is 1.53 bits per heavy atom. The fourth-order valence-corrected chi connectivity index (χ4v) is 1.57. The summed E-state index contributed by atoms with van der Waals surface area (Å²) >= 11 is 0. The summed E-state index contributed by atoms with van der Waals surface area (Å²) in [5, 5.41) is 22.8. The van der Waals surface area contributed by atoms with Gasteiger partial charge in [-0.15, -0.1) is 0 Å². The number of aliphatic carboxylic acids is 1. The minimum atomic E-state index is -1.12. The van der Waals surface area contributed by atoms with Crippen LogP contribution in [0.2, 0.25) is 0 Å². The van der Waals surface area contributed by atoms with E-state index in [2.05, 4.69) is 10.6 Å². The molecule has 1 aliphatic heterocycles. The average molecular weight is 216 g/mol. The molecule has 0 aromatic heterocycles. The van der Waals surface area contributed by atoms with E-state index >= 15 is 0 Å². The van der Waals surface area contributed by atoms with Crippen LogP contribution in [-0.4, -0.2) is 47.3 Å². The van der Waals surface area contributed by atoms with Crippen LogP contribution in [0.15, 0.2) is 0 Å². The Morgan fingerprint density at radius 3 is 2.73 bits per heavy atom. The lowest BCUT2D eigenvalue weighted by atomic mass is 10.1. The predicted octanol–water partition coefficient (Wildman–Crippen LogP) is -1.31. The maximum atomic E-state index is 11.5. The molecule has 0 saturated carbocycles. The molecule has 0 radical (unpaired) electrons. The van der Waals surface area contributed by atoms with Gasteiger partial charge in [-0.25, -0.2) is 4.79 Å². The largest absolute Gasteiger partial charge is 0.480 e. The van der Waals surface area contributed by atoms with Gasteiger partial charge < -0.3 is 20.8 Å². The molecule has 1 rings (SSSR count). The van der Waals surface area contributed by atoms with Crippen LogP contribution < -0.4 is 10.6 Å². The third kappa shape index (κ3) is 3.49. The van der Waals surface area contributed by atoms with Gasteiger partial charge >= 0.3 is 5.97 Å². The summed E-state index contributed by atoms with van der Waals surface area (Å²) in [7, 11) is 0. The van der Waals surface area contributed by atoms with Crippen LogP contribution in [0.25, 0.3) is 0 Å². The van der Waals surface area contributed by atoms with Gasteiger partial charge in [-0.1, -0.05) is 0 Å². The number of aliphatic hydroxyl groups excluding tert-OH is 1. The molecule has 4 N–H and O–H groups in total. The highest BCUT2D eigenvalue weighted by Crippen LogP contribution is 2.05. The topological polar surface area (TPSA) is 98.7 Å². The number of amides is 1. The Bertz CT molecular complexity index is 238. The molecule has 6 heteroatoms. The average Bonchev–Trinajstić information content (AvgIpc) is 2.69. The van der Waals surface area contributed by atoms with Gasteiger partial charge in [0.15, 0.2) is 0 Å². The second-order valence-electron chi connectivity index (χ2n) is 3.56. The number of rotatable bonds is 5. The maximum Gasteiger partial charge on any atom is 0.326 e. The van der Waals surface area contributed by atoms with Crippen LogP contribution >= 0.6 is 0 Å². The van der Waals surface area contributed by atoms with Gasteiger partial charge in [0, 0.05) is 13.0 Å². The second kappa shape index (κ2) is 5.67. The quantitative estimate of drug-likeness (QED) is 0.457. The van der Waals surface area contributed by atoms with Gasteiger partial charge in [0.25, 0.3) is 0 Å². The van der Waals surface area contributed by atoms with Crippen molar-refractivity contribution in [1.82, 2.24) is 10.6 Å². The van der Waals surface area contributed by atoms with Crippen LogP contribution in [0.5, 0.6) is 0 Å². The van der Waals surface area contributed by atoms with Crippen molar-refractivity contribution in [3.63, 3.8) is 0 Å². The Hall–Kier alpha value is -1.14. The third-order valence-electron chi connectivity index (χ3n) is 2.41. The van der Waals surface area contributed by atoms with Crippen LogP contribution in [0, 0.1) is 0 Å². The van der Waals surface area contributed by atoms with E-state index in [1.165, 1.54) is 0 Å². The summed E-state index contributed by atoms with van der Waals surface area (Å²) < 4.78 is 0. The molecule has 15 heavy (non-hydrogen) atoms. The molecule has 1 saturated heterocycles. The Kier molecular flexibility index (Phi) is 4.51. The molecule has 0 aromatic rings. The van der Waals surface area contributed by atoms with Crippen molar-refractivity contribution in [2.45, 2.75) is 31.3 Å². The van der Waals surface area contributed by atoms with Crippen molar-refractivity contribution < 1.29 is 19.8 Å². The molecule has 2 atom stereocenters. The van der Waals surface area contributed by atoms with Gasteiger partial charge in [-0.2, -0.15) is 0 Å². The zero-order valence-corrected chi connectivity index (χ0v) is 8.40. The minimum absolute atomic E-state index is 0.0355. The molecular weight excluding hydrogens is 200 g/mol. The Labute approximate surface area is 87.7 Å². The molecule has 1 amide bonds. The summed E-state index contributed by atoms with van der Waals surface area (Å²) in [5.74, 6) is -1.41. The van der Waals surface area contributed by atoms with Crippen molar-refractivity contribution in [3.8, 4) is 0 Å². The highest BCUT2D eigenvalue weighted by Gasteiger charge is 2.26. The van der Waals surface area contributed by atoms with E-state index in [4.69, 9.17) is 10.2 Å². The first-order valence-electron chi connectivity index (χ1n) is 5.02. The van der Waals surface area contributed by atoms with Crippen molar-refractivity contribution in [3.05, 3.63) is 0 Å². The van der Waals surface area contributed by atoms with Gasteiger partial charge in [-0.3, -0.25) is 4.79 Å². The number of aliphatic hydroxyl groups is 1. The monoisotopic (exact) mass is 216 g/mol. The van der Waals surface area contributed by atoms with E-state index in [9.17, 15) is 9.59 Å². The molecule has 1 fully saturated rings. The predicted molar refractivity (Wildman–Crippen MR) is 52.3 cm³/mol. The van der Waals surface area contributed by atoms with E-state index < -0.39 is 12.0 Å². The zero-order chi connectivity index (χ0) is 11.3. The summed E-state index contributed by atoms with van der Waals surface area (Å²) in [6, 6.07) is -1.28. The van der Waals surface area contributed by atoms with Gasteiger partial charge in [0.2, 0.25) is 5.91 Å². The summed E-state index contributed by atoms with van der Waals surface area (Å²) in [6.07, 6.45) is 1.70. The summed E-state index contributed by atoms with van der Waals surface area (Å²) in [5.41, 5.74) is 0. The van der Waals surface area contributed by atoms with Crippen LogP contribution in [0.1, 0.15) is 19.3 Å². The first-order chi connectivity index (χ1) is 7.15. The lowest BCUT2D eigenvalue weighted by Crippen LogP contribution is -2.48.